The van der Waals surface area contributed by atoms with Crippen LogP contribution in [0.15, 0.2) is 65.8 Å². The highest BCUT2D eigenvalue weighted by atomic mass is 19.1. The Morgan fingerprint density at radius 2 is 1.90 bits per heavy atom. The number of halogens is 1. The molecule has 0 atom stereocenters. The van der Waals surface area contributed by atoms with Gasteiger partial charge < -0.3 is 0 Å². The van der Waals surface area contributed by atoms with E-state index in [0.29, 0.717) is 16.9 Å². The maximum absolute atomic E-state index is 12.8. The molecular formula is C15H10FN3O. The minimum absolute atomic E-state index is 0.223. The van der Waals surface area contributed by atoms with E-state index in [9.17, 15) is 9.18 Å². The molecule has 4 nitrogen and oxygen atoms in total. The van der Waals surface area contributed by atoms with Crippen LogP contribution in [0, 0.1) is 5.95 Å². The molecular weight excluding hydrogens is 257 g/mol. The van der Waals surface area contributed by atoms with Crippen molar-refractivity contribution in [3.8, 4) is 16.9 Å². The summed E-state index contributed by atoms with van der Waals surface area (Å²) in [6.07, 6.45) is 4.56. The molecule has 0 aromatic carbocycles. The normalized spacial score (nSPS) is 10.4. The first kappa shape index (κ1) is 12.2. The van der Waals surface area contributed by atoms with Crippen molar-refractivity contribution in [3.05, 3.63) is 77.4 Å². The molecule has 0 saturated heterocycles. The third kappa shape index (κ3) is 2.21. The van der Waals surface area contributed by atoms with Crippen LogP contribution in [-0.2, 0) is 0 Å². The number of rotatable bonds is 2. The second kappa shape index (κ2) is 5.05. The van der Waals surface area contributed by atoms with Crippen LogP contribution in [0.25, 0.3) is 16.9 Å². The lowest BCUT2D eigenvalue weighted by Crippen LogP contribution is -2.19. The minimum atomic E-state index is -0.581. The summed E-state index contributed by atoms with van der Waals surface area (Å²) in [6.45, 7) is 0. The smallest absolute Gasteiger partial charge is 0.264 e. The highest BCUT2D eigenvalue weighted by Crippen LogP contribution is 2.12. The summed E-state index contributed by atoms with van der Waals surface area (Å²) in [5, 5.41) is 0. The monoisotopic (exact) mass is 267 g/mol. The summed E-state index contributed by atoms with van der Waals surface area (Å²) < 4.78 is 14.3. The molecule has 3 aromatic rings. The van der Waals surface area contributed by atoms with Gasteiger partial charge in [-0.3, -0.25) is 14.3 Å². The molecule has 0 aliphatic heterocycles. The number of hydrogen-bond donors (Lipinski definition) is 0. The van der Waals surface area contributed by atoms with Gasteiger partial charge in [0.05, 0.1) is 23.1 Å². The minimum Gasteiger partial charge on any atom is -0.282 e. The average Bonchev–Trinajstić information content (AvgIpc) is 2.49. The molecule has 0 bridgehead atoms. The van der Waals surface area contributed by atoms with E-state index in [2.05, 4.69) is 9.97 Å². The molecule has 3 aromatic heterocycles. The van der Waals surface area contributed by atoms with Gasteiger partial charge in [0.2, 0.25) is 5.95 Å². The van der Waals surface area contributed by atoms with Gasteiger partial charge in [-0.25, -0.2) is 4.98 Å². The van der Waals surface area contributed by atoms with Crippen molar-refractivity contribution in [2.75, 3.05) is 0 Å². The highest BCUT2D eigenvalue weighted by molar-refractivity contribution is 5.58. The van der Waals surface area contributed by atoms with Gasteiger partial charge in [0, 0.05) is 12.4 Å². The van der Waals surface area contributed by atoms with Crippen LogP contribution in [0.4, 0.5) is 4.39 Å². The Labute approximate surface area is 114 Å². The second-order valence-corrected chi connectivity index (χ2v) is 4.15. The molecule has 0 unspecified atom stereocenters. The standard InChI is InChI=1S/C15H10FN3O/c16-14-7-6-11(10-18-14)19-9-3-4-12(15(19)20)13-5-1-2-8-17-13/h1-10H. The summed E-state index contributed by atoms with van der Waals surface area (Å²) >= 11 is 0. The van der Waals surface area contributed by atoms with Gasteiger partial charge in [0.25, 0.3) is 5.56 Å². The van der Waals surface area contributed by atoms with E-state index in [-0.39, 0.29) is 5.56 Å². The Hall–Kier alpha value is -2.82. The van der Waals surface area contributed by atoms with Gasteiger partial charge >= 0.3 is 0 Å². The zero-order valence-electron chi connectivity index (χ0n) is 10.4. The summed E-state index contributed by atoms with van der Waals surface area (Å²) in [7, 11) is 0. The van der Waals surface area contributed by atoms with E-state index in [0.717, 1.165) is 0 Å². The van der Waals surface area contributed by atoms with Crippen LogP contribution in [0.3, 0.4) is 0 Å². The number of nitrogens with zero attached hydrogens (tertiary/aromatic N) is 3. The summed E-state index contributed by atoms with van der Waals surface area (Å²) in [6, 6.07) is 11.5. The first-order chi connectivity index (χ1) is 9.75. The van der Waals surface area contributed by atoms with Crippen molar-refractivity contribution >= 4 is 0 Å². The zero-order chi connectivity index (χ0) is 13.9. The quantitative estimate of drug-likeness (QED) is 0.670. The van der Waals surface area contributed by atoms with Crippen LogP contribution < -0.4 is 5.56 Å². The SMILES string of the molecule is O=c1c(-c2ccccn2)cccn1-c1ccc(F)nc1. The van der Waals surface area contributed by atoms with E-state index in [1.165, 1.54) is 22.9 Å². The van der Waals surface area contributed by atoms with Gasteiger partial charge in [-0.2, -0.15) is 4.39 Å². The fourth-order valence-corrected chi connectivity index (χ4v) is 1.92. The van der Waals surface area contributed by atoms with Crippen molar-refractivity contribution in [1.82, 2.24) is 14.5 Å². The lowest BCUT2D eigenvalue weighted by molar-refractivity contribution is 0.583. The zero-order valence-corrected chi connectivity index (χ0v) is 10.4. The van der Waals surface area contributed by atoms with Gasteiger partial charge in [-0.05, 0) is 36.4 Å². The van der Waals surface area contributed by atoms with E-state index >= 15 is 0 Å². The maximum Gasteiger partial charge on any atom is 0.264 e. The van der Waals surface area contributed by atoms with Crippen molar-refractivity contribution in [1.29, 1.82) is 0 Å². The largest absolute Gasteiger partial charge is 0.282 e. The van der Waals surface area contributed by atoms with Crippen LogP contribution in [0.1, 0.15) is 0 Å². The third-order valence-corrected chi connectivity index (χ3v) is 2.88. The first-order valence-electron chi connectivity index (χ1n) is 6.01. The van der Waals surface area contributed by atoms with Crippen molar-refractivity contribution < 1.29 is 4.39 Å². The molecule has 0 N–H and O–H groups in total. The molecule has 20 heavy (non-hydrogen) atoms. The number of aromatic nitrogens is 3. The Kier molecular flexibility index (Phi) is 3.09. The van der Waals surface area contributed by atoms with E-state index in [1.807, 2.05) is 6.07 Å². The van der Waals surface area contributed by atoms with Crippen molar-refractivity contribution in [3.63, 3.8) is 0 Å². The predicted octanol–water partition coefficient (Wildman–Crippen LogP) is 2.43. The molecule has 3 rings (SSSR count). The van der Waals surface area contributed by atoms with Crippen LogP contribution >= 0.6 is 0 Å². The molecule has 0 amide bonds. The van der Waals surface area contributed by atoms with E-state index in [1.54, 1.807) is 36.7 Å². The Morgan fingerprint density at radius 3 is 2.60 bits per heavy atom. The predicted molar refractivity (Wildman–Crippen MR) is 73.0 cm³/mol. The second-order valence-electron chi connectivity index (χ2n) is 4.15. The molecule has 0 spiro atoms. The van der Waals surface area contributed by atoms with Gasteiger partial charge in [0.1, 0.15) is 0 Å². The number of pyridine rings is 3. The van der Waals surface area contributed by atoms with Crippen LogP contribution in [0.5, 0.6) is 0 Å². The van der Waals surface area contributed by atoms with Gasteiger partial charge in [-0.1, -0.05) is 6.07 Å². The maximum atomic E-state index is 12.8. The lowest BCUT2D eigenvalue weighted by Gasteiger charge is -2.07. The molecule has 0 saturated carbocycles. The summed E-state index contributed by atoms with van der Waals surface area (Å²) in [5.74, 6) is -0.581. The third-order valence-electron chi connectivity index (χ3n) is 2.88. The van der Waals surface area contributed by atoms with Crippen molar-refractivity contribution in [2.24, 2.45) is 0 Å². The fraction of sp³-hybridized carbons (Fsp3) is 0. The lowest BCUT2D eigenvalue weighted by atomic mass is 10.2. The molecule has 0 fully saturated rings. The van der Waals surface area contributed by atoms with Crippen LogP contribution in [-0.4, -0.2) is 14.5 Å². The van der Waals surface area contributed by atoms with Gasteiger partial charge in [0.15, 0.2) is 0 Å². The summed E-state index contributed by atoms with van der Waals surface area (Å²) in [4.78, 5) is 20.2. The van der Waals surface area contributed by atoms with E-state index < -0.39 is 5.95 Å². The Bertz CT molecular complexity index is 782. The summed E-state index contributed by atoms with van der Waals surface area (Å²) in [5.41, 5.74) is 1.37. The molecule has 0 aliphatic carbocycles. The molecule has 5 heteroatoms. The Morgan fingerprint density at radius 1 is 1.00 bits per heavy atom. The molecule has 0 radical (unpaired) electrons. The van der Waals surface area contributed by atoms with Gasteiger partial charge in [-0.15, -0.1) is 0 Å². The highest BCUT2D eigenvalue weighted by Gasteiger charge is 2.08. The fourth-order valence-electron chi connectivity index (χ4n) is 1.92. The molecule has 0 aliphatic rings. The first-order valence-corrected chi connectivity index (χ1v) is 6.01. The number of hydrogen-bond acceptors (Lipinski definition) is 3. The molecule has 98 valence electrons. The molecule has 3 heterocycles. The van der Waals surface area contributed by atoms with Crippen molar-refractivity contribution in [2.45, 2.75) is 0 Å². The van der Waals surface area contributed by atoms with E-state index in [4.69, 9.17) is 0 Å². The van der Waals surface area contributed by atoms with Crippen LogP contribution in [0.2, 0.25) is 0 Å². The topological polar surface area (TPSA) is 47.8 Å². The Balaban J connectivity index is 2.15. The average molecular weight is 267 g/mol.